The van der Waals surface area contributed by atoms with E-state index in [4.69, 9.17) is 9.47 Å². The van der Waals surface area contributed by atoms with Crippen LogP contribution < -0.4 is 0 Å². The van der Waals surface area contributed by atoms with Crippen molar-refractivity contribution >= 4 is 17.7 Å². The molecular weight excluding hydrogens is 188 g/mol. The molecule has 1 rings (SSSR count). The summed E-state index contributed by atoms with van der Waals surface area (Å²) in [6.07, 6.45) is 2.65. The minimum absolute atomic E-state index is 0.120. The van der Waals surface area contributed by atoms with Gasteiger partial charge in [0.2, 0.25) is 0 Å². The maximum Gasteiger partial charge on any atom is 0.315 e. The summed E-state index contributed by atoms with van der Waals surface area (Å²) in [5.41, 5.74) is 0. The van der Waals surface area contributed by atoms with Gasteiger partial charge < -0.3 is 9.47 Å². The van der Waals surface area contributed by atoms with Crippen LogP contribution in [0.2, 0.25) is 0 Å². The number of esters is 1. The molecule has 0 aliphatic carbocycles. The van der Waals surface area contributed by atoms with E-state index in [1.807, 2.05) is 6.92 Å². The van der Waals surface area contributed by atoms with Crippen molar-refractivity contribution in [3.63, 3.8) is 0 Å². The quantitative estimate of drug-likeness (QED) is 0.635. The standard InChI is InChI=1S/C9H16O3S/c1-2-11-9(10)7-13-6-8-4-3-5-12-8/h8H,2-7H2,1H3. The third-order valence-electron chi connectivity index (χ3n) is 1.85. The lowest BCUT2D eigenvalue weighted by Gasteiger charge is -2.07. The molecule has 1 aliphatic rings. The number of rotatable bonds is 5. The van der Waals surface area contributed by atoms with Crippen molar-refractivity contribution in [1.82, 2.24) is 0 Å². The Kier molecular flexibility index (Phi) is 5.23. The second-order valence-corrected chi connectivity index (χ2v) is 3.99. The van der Waals surface area contributed by atoms with Gasteiger partial charge in [-0.25, -0.2) is 0 Å². The van der Waals surface area contributed by atoms with Crippen molar-refractivity contribution in [2.45, 2.75) is 25.9 Å². The van der Waals surface area contributed by atoms with Crippen molar-refractivity contribution < 1.29 is 14.3 Å². The molecular formula is C9H16O3S. The topological polar surface area (TPSA) is 35.5 Å². The van der Waals surface area contributed by atoms with Gasteiger partial charge >= 0.3 is 5.97 Å². The van der Waals surface area contributed by atoms with Gasteiger partial charge in [0.1, 0.15) is 0 Å². The van der Waals surface area contributed by atoms with Gasteiger partial charge in [0, 0.05) is 12.4 Å². The Morgan fingerprint density at radius 3 is 3.15 bits per heavy atom. The van der Waals surface area contributed by atoms with Crippen molar-refractivity contribution in [3.8, 4) is 0 Å². The normalized spacial score (nSPS) is 21.8. The number of carbonyl (C=O) groups excluding carboxylic acids is 1. The number of hydrogen-bond donors (Lipinski definition) is 0. The van der Waals surface area contributed by atoms with Crippen LogP contribution in [0.15, 0.2) is 0 Å². The van der Waals surface area contributed by atoms with E-state index in [0.29, 0.717) is 18.5 Å². The van der Waals surface area contributed by atoms with E-state index in [1.165, 1.54) is 0 Å². The fourth-order valence-corrected chi connectivity index (χ4v) is 2.15. The first-order chi connectivity index (χ1) is 6.33. The lowest BCUT2D eigenvalue weighted by atomic mass is 10.3. The molecule has 3 nitrogen and oxygen atoms in total. The maximum atomic E-state index is 10.9. The molecule has 76 valence electrons. The highest BCUT2D eigenvalue weighted by Gasteiger charge is 2.15. The molecule has 0 spiro atoms. The van der Waals surface area contributed by atoms with Gasteiger partial charge in [-0.15, -0.1) is 11.8 Å². The molecule has 0 bridgehead atoms. The van der Waals surface area contributed by atoms with Crippen molar-refractivity contribution in [1.29, 1.82) is 0 Å². The van der Waals surface area contributed by atoms with Gasteiger partial charge in [0.25, 0.3) is 0 Å². The van der Waals surface area contributed by atoms with Crippen LogP contribution in [-0.4, -0.2) is 36.8 Å². The van der Waals surface area contributed by atoms with E-state index in [9.17, 15) is 4.79 Å². The largest absolute Gasteiger partial charge is 0.465 e. The fraction of sp³-hybridized carbons (Fsp3) is 0.889. The minimum atomic E-state index is -0.120. The first-order valence-corrected chi connectivity index (χ1v) is 5.83. The monoisotopic (exact) mass is 204 g/mol. The molecule has 1 unspecified atom stereocenters. The Morgan fingerprint density at radius 2 is 2.54 bits per heavy atom. The predicted molar refractivity (Wildman–Crippen MR) is 52.9 cm³/mol. The first-order valence-electron chi connectivity index (χ1n) is 4.68. The lowest BCUT2D eigenvalue weighted by molar-refractivity contribution is -0.139. The Hall–Kier alpha value is -0.220. The Balaban J connectivity index is 1.96. The van der Waals surface area contributed by atoms with Crippen LogP contribution in [0.1, 0.15) is 19.8 Å². The lowest BCUT2D eigenvalue weighted by Crippen LogP contribution is -2.12. The molecule has 1 heterocycles. The summed E-state index contributed by atoms with van der Waals surface area (Å²) >= 11 is 1.60. The van der Waals surface area contributed by atoms with Crippen LogP contribution in [0.4, 0.5) is 0 Å². The highest BCUT2D eigenvalue weighted by molar-refractivity contribution is 7.99. The Bertz CT molecular complexity index is 155. The Morgan fingerprint density at radius 1 is 1.69 bits per heavy atom. The molecule has 0 aromatic carbocycles. The Labute approximate surface area is 83.2 Å². The van der Waals surface area contributed by atoms with Gasteiger partial charge in [-0.05, 0) is 19.8 Å². The van der Waals surface area contributed by atoms with E-state index in [2.05, 4.69) is 0 Å². The van der Waals surface area contributed by atoms with E-state index < -0.39 is 0 Å². The number of thioether (sulfide) groups is 1. The molecule has 1 saturated heterocycles. The van der Waals surface area contributed by atoms with E-state index >= 15 is 0 Å². The summed E-state index contributed by atoms with van der Waals surface area (Å²) in [6.45, 7) is 3.17. The fourth-order valence-electron chi connectivity index (χ4n) is 1.25. The summed E-state index contributed by atoms with van der Waals surface area (Å²) < 4.78 is 10.2. The van der Waals surface area contributed by atoms with Gasteiger partial charge in [0.05, 0.1) is 18.5 Å². The van der Waals surface area contributed by atoms with Gasteiger partial charge in [-0.2, -0.15) is 0 Å². The zero-order valence-corrected chi connectivity index (χ0v) is 8.77. The zero-order chi connectivity index (χ0) is 9.52. The summed E-state index contributed by atoms with van der Waals surface area (Å²) in [5, 5.41) is 0. The summed E-state index contributed by atoms with van der Waals surface area (Å²) in [6, 6.07) is 0. The molecule has 0 aromatic rings. The van der Waals surface area contributed by atoms with E-state index in [-0.39, 0.29) is 5.97 Å². The van der Waals surface area contributed by atoms with Crippen LogP contribution >= 0.6 is 11.8 Å². The van der Waals surface area contributed by atoms with Crippen LogP contribution in [0.5, 0.6) is 0 Å². The molecule has 13 heavy (non-hydrogen) atoms. The predicted octanol–water partition coefficient (Wildman–Crippen LogP) is 1.46. The molecule has 4 heteroatoms. The van der Waals surface area contributed by atoms with Crippen LogP contribution in [0, 0.1) is 0 Å². The smallest absolute Gasteiger partial charge is 0.315 e. The van der Waals surface area contributed by atoms with Crippen molar-refractivity contribution in [2.24, 2.45) is 0 Å². The molecule has 0 amide bonds. The van der Waals surface area contributed by atoms with E-state index in [1.54, 1.807) is 11.8 Å². The molecule has 0 radical (unpaired) electrons. The highest BCUT2D eigenvalue weighted by Crippen LogP contribution is 2.16. The number of hydrogen-bond acceptors (Lipinski definition) is 4. The maximum absolute atomic E-state index is 10.9. The van der Waals surface area contributed by atoms with E-state index in [0.717, 1.165) is 25.2 Å². The summed E-state index contributed by atoms with van der Waals surface area (Å²) in [4.78, 5) is 10.9. The molecule has 0 aromatic heterocycles. The molecule has 1 aliphatic heterocycles. The summed E-state index contributed by atoms with van der Waals surface area (Å²) in [5.74, 6) is 1.25. The van der Waals surface area contributed by atoms with Gasteiger partial charge in [0.15, 0.2) is 0 Å². The SMILES string of the molecule is CCOC(=O)CSCC1CCCO1. The average molecular weight is 204 g/mol. The molecule has 0 N–H and O–H groups in total. The van der Waals surface area contributed by atoms with Crippen molar-refractivity contribution in [2.75, 3.05) is 24.7 Å². The summed E-state index contributed by atoms with van der Waals surface area (Å²) in [7, 11) is 0. The highest BCUT2D eigenvalue weighted by atomic mass is 32.2. The van der Waals surface area contributed by atoms with Crippen LogP contribution in [0.25, 0.3) is 0 Å². The number of ether oxygens (including phenoxy) is 2. The zero-order valence-electron chi connectivity index (χ0n) is 7.95. The number of carbonyl (C=O) groups is 1. The van der Waals surface area contributed by atoms with Gasteiger partial charge in [-0.1, -0.05) is 0 Å². The van der Waals surface area contributed by atoms with Crippen molar-refractivity contribution in [3.05, 3.63) is 0 Å². The molecule has 1 atom stereocenters. The minimum Gasteiger partial charge on any atom is -0.465 e. The second kappa shape index (κ2) is 6.27. The average Bonchev–Trinajstić information content (AvgIpc) is 2.57. The van der Waals surface area contributed by atoms with Crippen LogP contribution in [-0.2, 0) is 14.3 Å². The van der Waals surface area contributed by atoms with Crippen LogP contribution in [0.3, 0.4) is 0 Å². The van der Waals surface area contributed by atoms with Gasteiger partial charge in [-0.3, -0.25) is 4.79 Å². The third-order valence-corrected chi connectivity index (χ3v) is 2.90. The first kappa shape index (κ1) is 10.9. The third kappa shape index (κ3) is 4.52. The molecule has 1 fully saturated rings. The molecule has 0 saturated carbocycles. The second-order valence-electron chi connectivity index (χ2n) is 2.96.